The van der Waals surface area contributed by atoms with Gasteiger partial charge in [-0.05, 0) is 44.5 Å². The van der Waals surface area contributed by atoms with Crippen LogP contribution in [0, 0.1) is 20.8 Å². The van der Waals surface area contributed by atoms with Crippen LogP contribution in [-0.2, 0) is 0 Å². The molecule has 0 aliphatic heterocycles. The maximum atomic E-state index is 12.3. The van der Waals surface area contributed by atoms with E-state index in [1.165, 1.54) is 6.07 Å². The number of rotatable bonds is 2. The van der Waals surface area contributed by atoms with Gasteiger partial charge in [0.2, 0.25) is 5.43 Å². The van der Waals surface area contributed by atoms with E-state index in [0.717, 1.165) is 5.56 Å². The molecule has 0 saturated carbocycles. The van der Waals surface area contributed by atoms with Crippen LogP contribution in [0.3, 0.4) is 0 Å². The van der Waals surface area contributed by atoms with Crippen molar-refractivity contribution in [1.29, 1.82) is 0 Å². The molecule has 3 nitrogen and oxygen atoms in total. The Hall–Kier alpha value is -2.13. The average Bonchev–Trinajstić information content (AvgIpc) is 2.50. The fourth-order valence-electron chi connectivity index (χ4n) is 2.11. The van der Waals surface area contributed by atoms with Gasteiger partial charge in [-0.3, -0.25) is 4.79 Å². The molecule has 0 saturated heterocycles. The Morgan fingerprint density at radius 3 is 2.38 bits per heavy atom. The molecule has 0 fully saturated rings. The van der Waals surface area contributed by atoms with Crippen LogP contribution in [0.1, 0.15) is 27.0 Å². The Labute approximate surface area is 128 Å². The molecule has 0 N–H and O–H groups in total. The number of hydrogen-bond acceptors (Lipinski definition) is 3. The van der Waals surface area contributed by atoms with E-state index < -0.39 is 5.97 Å². The molecule has 0 aliphatic rings. The summed E-state index contributed by atoms with van der Waals surface area (Å²) in [5, 5.41) is 0.439. The molecule has 0 amide bonds. The van der Waals surface area contributed by atoms with Gasteiger partial charge < -0.3 is 4.74 Å². The Balaban J connectivity index is 2.45. The van der Waals surface area contributed by atoms with Crippen molar-refractivity contribution in [2.24, 2.45) is 0 Å². The summed E-state index contributed by atoms with van der Waals surface area (Å²) in [6.07, 6.45) is 0. The van der Waals surface area contributed by atoms with E-state index in [-0.39, 0.29) is 11.2 Å². The van der Waals surface area contributed by atoms with Crippen LogP contribution in [0.4, 0.5) is 0 Å². The van der Waals surface area contributed by atoms with Crippen LogP contribution in [-0.4, -0.2) is 5.97 Å². The number of benzene rings is 1. The van der Waals surface area contributed by atoms with Crippen molar-refractivity contribution < 1.29 is 9.53 Å². The molecule has 21 heavy (non-hydrogen) atoms. The summed E-state index contributed by atoms with van der Waals surface area (Å²) in [5.74, 6) is -0.536. The molecule has 108 valence electrons. The summed E-state index contributed by atoms with van der Waals surface area (Å²) in [5.41, 5.74) is 2.13. The van der Waals surface area contributed by atoms with Gasteiger partial charge in [0.25, 0.3) is 0 Å². The minimum atomic E-state index is -0.596. The van der Waals surface area contributed by atoms with Gasteiger partial charge in [-0.1, -0.05) is 35.4 Å². The minimum Gasteiger partial charge on any atom is -0.418 e. The lowest BCUT2D eigenvalue weighted by molar-refractivity contribution is 0.0732. The quantitative estimate of drug-likeness (QED) is 0.792. The summed E-state index contributed by atoms with van der Waals surface area (Å²) in [7, 11) is 0. The van der Waals surface area contributed by atoms with Gasteiger partial charge in [-0.2, -0.15) is 0 Å². The summed E-state index contributed by atoms with van der Waals surface area (Å²) in [6.45, 7) is 5.34. The highest BCUT2D eigenvalue weighted by Crippen LogP contribution is 2.17. The van der Waals surface area contributed by atoms with Crippen molar-refractivity contribution in [2.75, 3.05) is 0 Å². The van der Waals surface area contributed by atoms with E-state index in [9.17, 15) is 9.59 Å². The number of ether oxygens (including phenoxy) is 1. The van der Waals surface area contributed by atoms with Crippen molar-refractivity contribution >= 4 is 17.6 Å². The van der Waals surface area contributed by atoms with Gasteiger partial charge in [0.1, 0.15) is 0 Å². The standard InChI is InChI=1S/C17H15ClO3/c1-10-7-11(2)15(19)16(12(3)8-10)21-17(20)13-5-4-6-14(18)9-13/h4-9H,1-3H3. The third kappa shape index (κ3) is 3.50. The number of esters is 1. The number of carbonyl (C=O) groups excluding carboxylic acids is 1. The van der Waals surface area contributed by atoms with E-state index in [0.29, 0.717) is 21.7 Å². The van der Waals surface area contributed by atoms with Crippen molar-refractivity contribution in [1.82, 2.24) is 0 Å². The minimum absolute atomic E-state index is 0.0607. The Bertz CT molecular complexity index is 766. The predicted octanol–water partition coefficient (Wildman–Crippen LogP) is 3.84. The van der Waals surface area contributed by atoms with Gasteiger partial charge in [-0.25, -0.2) is 4.79 Å². The van der Waals surface area contributed by atoms with Crippen LogP contribution in [0.2, 0.25) is 5.02 Å². The number of aryl methyl sites for hydroxylation is 3. The van der Waals surface area contributed by atoms with Crippen molar-refractivity contribution in [3.63, 3.8) is 0 Å². The molecule has 2 aromatic carbocycles. The summed E-state index contributed by atoms with van der Waals surface area (Å²) < 4.78 is 5.30. The third-order valence-electron chi connectivity index (χ3n) is 3.07. The SMILES string of the molecule is Cc1cc(C)c(OC(=O)c2cccc(Cl)c2)c(=O)c(C)c1. The first-order valence-electron chi connectivity index (χ1n) is 6.48. The molecule has 2 rings (SSSR count). The number of hydrogen-bond donors (Lipinski definition) is 0. The Kier molecular flexibility index (Phi) is 4.43. The van der Waals surface area contributed by atoms with Crippen molar-refractivity contribution in [3.05, 3.63) is 73.9 Å². The van der Waals surface area contributed by atoms with Crippen molar-refractivity contribution in [3.8, 4) is 5.75 Å². The van der Waals surface area contributed by atoms with Crippen LogP contribution >= 0.6 is 11.6 Å². The van der Waals surface area contributed by atoms with Gasteiger partial charge in [0, 0.05) is 10.6 Å². The van der Waals surface area contributed by atoms with E-state index in [2.05, 4.69) is 0 Å². The second-order valence-corrected chi connectivity index (χ2v) is 5.39. The highest BCUT2D eigenvalue weighted by Gasteiger charge is 2.14. The highest BCUT2D eigenvalue weighted by molar-refractivity contribution is 6.30. The highest BCUT2D eigenvalue weighted by atomic mass is 35.5. The number of halogens is 1. The topological polar surface area (TPSA) is 43.4 Å². The summed E-state index contributed by atoms with van der Waals surface area (Å²) in [6, 6.07) is 10.0. The van der Waals surface area contributed by atoms with E-state index in [4.69, 9.17) is 16.3 Å². The average molecular weight is 303 g/mol. The molecule has 0 heterocycles. The fraction of sp³-hybridized carbons (Fsp3) is 0.176. The first-order valence-corrected chi connectivity index (χ1v) is 6.86. The predicted molar refractivity (Wildman–Crippen MR) is 83.3 cm³/mol. The van der Waals surface area contributed by atoms with E-state index in [1.807, 2.05) is 13.0 Å². The molecule has 0 aromatic heterocycles. The van der Waals surface area contributed by atoms with Gasteiger partial charge >= 0.3 is 5.97 Å². The zero-order valence-electron chi connectivity index (χ0n) is 12.1. The molecule has 4 heteroatoms. The van der Waals surface area contributed by atoms with Crippen LogP contribution < -0.4 is 10.2 Å². The largest absolute Gasteiger partial charge is 0.418 e. The molecule has 0 radical (unpaired) electrons. The Morgan fingerprint density at radius 2 is 1.71 bits per heavy atom. The maximum Gasteiger partial charge on any atom is 0.343 e. The lowest BCUT2D eigenvalue weighted by Gasteiger charge is -2.05. The van der Waals surface area contributed by atoms with Gasteiger partial charge in [0.05, 0.1) is 5.56 Å². The normalized spacial score (nSPS) is 10.3. The zero-order valence-corrected chi connectivity index (χ0v) is 12.8. The van der Waals surface area contributed by atoms with Crippen LogP contribution in [0.25, 0.3) is 0 Å². The smallest absolute Gasteiger partial charge is 0.343 e. The Morgan fingerprint density at radius 1 is 1.05 bits per heavy atom. The molecule has 0 aliphatic carbocycles. The third-order valence-corrected chi connectivity index (χ3v) is 3.30. The molecule has 0 spiro atoms. The van der Waals surface area contributed by atoms with E-state index in [1.54, 1.807) is 38.1 Å². The lowest BCUT2D eigenvalue weighted by atomic mass is 10.2. The first-order chi connectivity index (χ1) is 9.88. The summed E-state index contributed by atoms with van der Waals surface area (Å²) in [4.78, 5) is 24.4. The maximum absolute atomic E-state index is 12.3. The lowest BCUT2D eigenvalue weighted by Crippen LogP contribution is -2.15. The fourth-order valence-corrected chi connectivity index (χ4v) is 2.30. The van der Waals surface area contributed by atoms with Crippen LogP contribution in [0.15, 0.2) is 41.2 Å². The van der Waals surface area contributed by atoms with Gasteiger partial charge in [0.15, 0.2) is 5.75 Å². The second-order valence-electron chi connectivity index (χ2n) is 4.96. The number of carbonyl (C=O) groups is 1. The monoisotopic (exact) mass is 302 g/mol. The molecule has 0 bridgehead atoms. The zero-order chi connectivity index (χ0) is 15.6. The molecular weight excluding hydrogens is 288 g/mol. The first kappa shape index (κ1) is 15.3. The van der Waals surface area contributed by atoms with Crippen molar-refractivity contribution in [2.45, 2.75) is 20.8 Å². The van der Waals surface area contributed by atoms with Gasteiger partial charge in [-0.15, -0.1) is 0 Å². The second kappa shape index (κ2) is 6.10. The van der Waals surface area contributed by atoms with Crippen LogP contribution in [0.5, 0.6) is 5.75 Å². The molecule has 2 aromatic rings. The molecule has 0 atom stereocenters. The summed E-state index contributed by atoms with van der Waals surface area (Å²) >= 11 is 5.85. The molecular formula is C17H15ClO3. The molecule has 0 unspecified atom stereocenters. The van der Waals surface area contributed by atoms with E-state index >= 15 is 0 Å².